The van der Waals surface area contributed by atoms with Gasteiger partial charge in [-0.1, -0.05) is 0 Å². The fourth-order valence-electron chi connectivity index (χ4n) is 5.31. The third kappa shape index (κ3) is 6.07. The van der Waals surface area contributed by atoms with Gasteiger partial charge in [0.15, 0.2) is 5.78 Å². The number of hydrogen-bond donors (Lipinski definition) is 1. The van der Waals surface area contributed by atoms with Gasteiger partial charge in [-0.3, -0.25) is 9.59 Å². The van der Waals surface area contributed by atoms with E-state index >= 15 is 0 Å². The topological polar surface area (TPSA) is 49.4 Å². The Balaban J connectivity index is 1.11. The Morgan fingerprint density at radius 1 is 0.968 bits per heavy atom. The summed E-state index contributed by atoms with van der Waals surface area (Å²) in [5, 5.41) is 3.43. The van der Waals surface area contributed by atoms with Crippen molar-refractivity contribution in [1.82, 2.24) is 10.2 Å². The van der Waals surface area contributed by atoms with Crippen LogP contribution in [0.25, 0.3) is 0 Å². The summed E-state index contributed by atoms with van der Waals surface area (Å²) >= 11 is 5.99. The van der Waals surface area contributed by atoms with Gasteiger partial charge in [0.1, 0.15) is 5.82 Å². The van der Waals surface area contributed by atoms with Gasteiger partial charge in [0.2, 0.25) is 5.91 Å². The minimum atomic E-state index is -0.300. The molecule has 0 atom stereocenters. The SMILES string of the molecule is O=C(NC1CCC(CCN2CCC(C(=O)c3ccc(F)cc3)CC2)CC1)C1CC(Cl)C1. The molecule has 1 N–H and O–H groups in total. The Morgan fingerprint density at radius 2 is 1.61 bits per heavy atom. The highest BCUT2D eigenvalue weighted by Gasteiger charge is 2.34. The van der Waals surface area contributed by atoms with Gasteiger partial charge in [0.05, 0.1) is 0 Å². The van der Waals surface area contributed by atoms with Crippen LogP contribution in [-0.2, 0) is 4.79 Å². The average Bonchev–Trinajstić information content (AvgIpc) is 2.77. The minimum absolute atomic E-state index is 0.0607. The van der Waals surface area contributed by atoms with E-state index in [0.29, 0.717) is 11.6 Å². The van der Waals surface area contributed by atoms with Crippen LogP contribution in [0, 0.1) is 23.6 Å². The van der Waals surface area contributed by atoms with Crippen molar-refractivity contribution in [2.75, 3.05) is 19.6 Å². The molecule has 1 heterocycles. The number of carbonyl (C=O) groups excluding carboxylic acids is 2. The molecule has 3 fully saturated rings. The number of halogens is 2. The number of nitrogens with one attached hydrogen (secondary N) is 1. The van der Waals surface area contributed by atoms with E-state index in [9.17, 15) is 14.0 Å². The monoisotopic (exact) mass is 448 g/mol. The van der Waals surface area contributed by atoms with Crippen LogP contribution in [0.2, 0.25) is 0 Å². The number of likely N-dealkylation sites (tertiary alicyclic amines) is 1. The fourth-order valence-corrected chi connectivity index (χ4v) is 5.74. The molecule has 1 aromatic carbocycles. The first-order chi connectivity index (χ1) is 15.0. The van der Waals surface area contributed by atoms with Crippen LogP contribution in [0.4, 0.5) is 4.39 Å². The Labute approximate surface area is 189 Å². The van der Waals surface area contributed by atoms with Gasteiger partial charge in [-0.05, 0) is 108 Å². The second-order valence-corrected chi connectivity index (χ2v) is 10.4. The summed E-state index contributed by atoms with van der Waals surface area (Å²) in [6.45, 7) is 3.02. The molecule has 0 aromatic heterocycles. The summed E-state index contributed by atoms with van der Waals surface area (Å²) in [6, 6.07) is 6.27. The molecule has 6 heteroatoms. The molecule has 1 aliphatic heterocycles. The first-order valence-electron chi connectivity index (χ1n) is 11.9. The number of amides is 1. The lowest BCUT2D eigenvalue weighted by Crippen LogP contribution is -2.45. The lowest BCUT2D eigenvalue weighted by Gasteiger charge is -2.35. The minimum Gasteiger partial charge on any atom is -0.353 e. The molecule has 1 aromatic rings. The highest BCUT2D eigenvalue weighted by Crippen LogP contribution is 2.33. The van der Waals surface area contributed by atoms with Gasteiger partial charge < -0.3 is 10.2 Å². The molecule has 2 aliphatic carbocycles. The maximum Gasteiger partial charge on any atom is 0.223 e. The van der Waals surface area contributed by atoms with E-state index in [0.717, 1.165) is 64.1 Å². The van der Waals surface area contributed by atoms with Gasteiger partial charge >= 0.3 is 0 Å². The van der Waals surface area contributed by atoms with Gasteiger partial charge in [-0.15, -0.1) is 11.6 Å². The molecule has 170 valence electrons. The third-order valence-electron chi connectivity index (χ3n) is 7.59. The van der Waals surface area contributed by atoms with Gasteiger partial charge in [0, 0.05) is 28.8 Å². The van der Waals surface area contributed by atoms with Crippen molar-refractivity contribution in [2.24, 2.45) is 17.8 Å². The Kier molecular flexibility index (Phi) is 7.65. The molecule has 31 heavy (non-hydrogen) atoms. The van der Waals surface area contributed by atoms with Crippen molar-refractivity contribution in [3.8, 4) is 0 Å². The van der Waals surface area contributed by atoms with Crippen molar-refractivity contribution >= 4 is 23.3 Å². The zero-order valence-electron chi connectivity index (χ0n) is 18.2. The molecule has 4 nitrogen and oxygen atoms in total. The van der Waals surface area contributed by atoms with E-state index < -0.39 is 0 Å². The molecule has 0 unspecified atom stereocenters. The number of piperidine rings is 1. The lowest BCUT2D eigenvalue weighted by atomic mass is 9.81. The summed E-state index contributed by atoms with van der Waals surface area (Å²) in [5.74, 6) is 0.999. The number of ketones is 1. The van der Waals surface area contributed by atoms with E-state index in [1.807, 2.05) is 0 Å². The molecule has 4 rings (SSSR count). The zero-order valence-corrected chi connectivity index (χ0v) is 19.0. The van der Waals surface area contributed by atoms with E-state index in [2.05, 4.69) is 10.2 Å². The highest BCUT2D eigenvalue weighted by atomic mass is 35.5. The predicted octanol–water partition coefficient (Wildman–Crippen LogP) is 4.80. The molecular formula is C25H34ClFN2O2. The van der Waals surface area contributed by atoms with Crippen molar-refractivity contribution in [2.45, 2.75) is 69.2 Å². The van der Waals surface area contributed by atoms with Gasteiger partial charge in [-0.25, -0.2) is 4.39 Å². The number of benzene rings is 1. The van der Waals surface area contributed by atoms with E-state index in [-0.39, 0.29) is 34.7 Å². The number of rotatable bonds is 7. The van der Waals surface area contributed by atoms with Crippen molar-refractivity contribution in [3.63, 3.8) is 0 Å². The number of Topliss-reactive ketones (excluding diaryl/α,β-unsaturated/α-hetero) is 1. The number of alkyl halides is 1. The van der Waals surface area contributed by atoms with Crippen LogP contribution in [0.1, 0.15) is 68.1 Å². The summed E-state index contributed by atoms with van der Waals surface area (Å²) in [4.78, 5) is 27.3. The molecule has 0 bridgehead atoms. The molecule has 3 aliphatic rings. The van der Waals surface area contributed by atoms with Gasteiger partial charge in [0.25, 0.3) is 0 Å². The summed E-state index contributed by atoms with van der Waals surface area (Å²) in [7, 11) is 0. The normalized spacial score (nSPS) is 29.9. The Bertz CT molecular complexity index is 749. The third-order valence-corrected chi connectivity index (χ3v) is 7.94. The van der Waals surface area contributed by atoms with Crippen LogP contribution in [0.3, 0.4) is 0 Å². The van der Waals surface area contributed by atoms with Crippen LogP contribution in [0.15, 0.2) is 24.3 Å². The fraction of sp³-hybridized carbons (Fsp3) is 0.680. The molecule has 2 saturated carbocycles. The van der Waals surface area contributed by atoms with E-state index in [1.165, 1.54) is 31.4 Å². The highest BCUT2D eigenvalue weighted by molar-refractivity contribution is 6.21. The zero-order chi connectivity index (χ0) is 21.8. The Morgan fingerprint density at radius 3 is 2.23 bits per heavy atom. The van der Waals surface area contributed by atoms with Crippen LogP contribution < -0.4 is 5.32 Å². The quantitative estimate of drug-likeness (QED) is 0.481. The smallest absolute Gasteiger partial charge is 0.223 e. The lowest BCUT2D eigenvalue weighted by molar-refractivity contribution is -0.128. The number of nitrogens with zero attached hydrogens (tertiary/aromatic N) is 1. The predicted molar refractivity (Wildman–Crippen MR) is 121 cm³/mol. The summed E-state index contributed by atoms with van der Waals surface area (Å²) in [5.41, 5.74) is 0.628. The standard InChI is InChI=1S/C25H34ClFN2O2/c26-21-15-20(16-21)25(31)28-23-7-1-17(2-8-23)9-12-29-13-10-19(11-14-29)24(30)18-3-5-22(27)6-4-18/h3-6,17,19-21,23H,1-2,7-16H2,(H,28,31). The second kappa shape index (κ2) is 10.4. The van der Waals surface area contributed by atoms with Gasteiger partial charge in [-0.2, -0.15) is 0 Å². The van der Waals surface area contributed by atoms with Crippen LogP contribution >= 0.6 is 11.6 Å². The van der Waals surface area contributed by atoms with Crippen molar-refractivity contribution in [1.29, 1.82) is 0 Å². The summed E-state index contributed by atoms with van der Waals surface area (Å²) < 4.78 is 13.1. The average molecular weight is 449 g/mol. The first kappa shape index (κ1) is 22.7. The number of hydrogen-bond acceptors (Lipinski definition) is 3. The maximum atomic E-state index is 13.1. The first-order valence-corrected chi connectivity index (χ1v) is 12.4. The maximum absolute atomic E-state index is 13.1. The van der Waals surface area contributed by atoms with Crippen molar-refractivity contribution < 1.29 is 14.0 Å². The summed E-state index contributed by atoms with van der Waals surface area (Å²) in [6.07, 6.45) is 9.18. The second-order valence-electron chi connectivity index (χ2n) is 9.77. The largest absolute Gasteiger partial charge is 0.353 e. The number of carbonyl (C=O) groups is 2. The molecular weight excluding hydrogens is 415 g/mol. The van der Waals surface area contributed by atoms with Crippen LogP contribution in [-0.4, -0.2) is 47.6 Å². The molecule has 1 saturated heterocycles. The van der Waals surface area contributed by atoms with Crippen LogP contribution in [0.5, 0.6) is 0 Å². The molecule has 0 spiro atoms. The Hall–Kier alpha value is -1.46. The van der Waals surface area contributed by atoms with Crippen molar-refractivity contribution in [3.05, 3.63) is 35.6 Å². The van der Waals surface area contributed by atoms with E-state index in [1.54, 1.807) is 12.1 Å². The molecule has 1 amide bonds. The molecule has 0 radical (unpaired) electrons. The van der Waals surface area contributed by atoms with E-state index in [4.69, 9.17) is 11.6 Å².